The van der Waals surface area contributed by atoms with Crippen molar-refractivity contribution >= 4 is 21.4 Å². The Morgan fingerprint density at radius 2 is 1.53 bits per heavy atom. The molecule has 0 aliphatic carbocycles. The minimum absolute atomic E-state index is 0.0781. The summed E-state index contributed by atoms with van der Waals surface area (Å²) in [6.45, 7) is 2.21. The smallest absolute Gasteiger partial charge is 0.376 e. The van der Waals surface area contributed by atoms with E-state index in [0.717, 1.165) is 12.8 Å². The molecule has 92 valence electrons. The van der Waals surface area contributed by atoms with Crippen LogP contribution in [0.15, 0.2) is 0 Å². The van der Waals surface area contributed by atoms with Crippen LogP contribution in [0.3, 0.4) is 0 Å². The molecule has 0 aromatic rings. The first kappa shape index (κ1) is 15.4. The van der Waals surface area contributed by atoms with Crippen LogP contribution in [0.4, 0.5) is 0 Å². The van der Waals surface area contributed by atoms with Gasteiger partial charge in [0.1, 0.15) is 0 Å². The van der Waals surface area contributed by atoms with Gasteiger partial charge in [0, 0.05) is 21.3 Å². The monoisotopic (exact) mass is 252 g/mol. The molecule has 0 aromatic heterocycles. The van der Waals surface area contributed by atoms with Crippen molar-refractivity contribution in [2.75, 3.05) is 21.3 Å². The van der Waals surface area contributed by atoms with Gasteiger partial charge in [0.2, 0.25) is 0 Å². The first-order chi connectivity index (χ1) is 7.16. The predicted molar refractivity (Wildman–Crippen MR) is 68.3 cm³/mol. The van der Waals surface area contributed by atoms with Crippen molar-refractivity contribution in [3.8, 4) is 0 Å². The molecule has 0 fully saturated rings. The van der Waals surface area contributed by atoms with Crippen LogP contribution in [0.25, 0.3) is 0 Å². The van der Waals surface area contributed by atoms with Gasteiger partial charge in [-0.1, -0.05) is 32.6 Å². The molecular formula is C10H24O3SSi. The zero-order valence-electron chi connectivity index (χ0n) is 10.3. The second kappa shape index (κ2) is 8.58. The third kappa shape index (κ3) is 4.87. The van der Waals surface area contributed by atoms with Crippen molar-refractivity contribution in [3.63, 3.8) is 0 Å². The Hall–Kier alpha value is 0.447. The minimum atomic E-state index is -2.52. The van der Waals surface area contributed by atoms with Crippen LogP contribution in [-0.4, -0.2) is 35.0 Å². The van der Waals surface area contributed by atoms with E-state index in [1.54, 1.807) is 21.3 Å². The van der Waals surface area contributed by atoms with Gasteiger partial charge in [-0.05, 0) is 6.42 Å². The van der Waals surface area contributed by atoms with E-state index in [4.69, 9.17) is 13.3 Å². The van der Waals surface area contributed by atoms with Gasteiger partial charge in [-0.2, -0.15) is 12.6 Å². The van der Waals surface area contributed by atoms with E-state index in [-0.39, 0.29) is 4.87 Å². The molecular weight excluding hydrogens is 228 g/mol. The average Bonchev–Trinajstić information content (AvgIpc) is 2.28. The maximum Gasteiger partial charge on any atom is 0.513 e. The summed E-state index contributed by atoms with van der Waals surface area (Å²) >= 11 is 4.54. The Bertz CT molecular complexity index is 145. The highest BCUT2D eigenvalue weighted by Crippen LogP contribution is 2.22. The van der Waals surface area contributed by atoms with Gasteiger partial charge in [0.05, 0.1) is 4.87 Å². The Kier molecular flexibility index (Phi) is 8.84. The van der Waals surface area contributed by atoms with Crippen LogP contribution in [0, 0.1) is 0 Å². The van der Waals surface area contributed by atoms with Gasteiger partial charge in [0.25, 0.3) is 0 Å². The fourth-order valence-corrected chi connectivity index (χ4v) is 4.60. The SMILES string of the molecule is CCCCCCC(S)[Si](OC)(OC)OC. The lowest BCUT2D eigenvalue weighted by molar-refractivity contribution is 0.120. The molecule has 3 nitrogen and oxygen atoms in total. The molecule has 0 saturated carbocycles. The standard InChI is InChI=1S/C10H24O3SSi/c1-5-6-7-8-9-10(14)15(11-2,12-3)13-4/h10,14H,5-9H2,1-4H3. The molecule has 0 amide bonds. The van der Waals surface area contributed by atoms with Gasteiger partial charge < -0.3 is 13.3 Å². The highest BCUT2D eigenvalue weighted by atomic mass is 32.1. The largest absolute Gasteiger partial charge is 0.513 e. The van der Waals surface area contributed by atoms with E-state index in [2.05, 4.69) is 19.6 Å². The molecule has 0 N–H and O–H groups in total. The Labute approximate surface area is 100 Å². The summed E-state index contributed by atoms with van der Waals surface area (Å²) in [5.41, 5.74) is 0. The van der Waals surface area contributed by atoms with Crippen molar-refractivity contribution in [2.45, 2.75) is 43.9 Å². The van der Waals surface area contributed by atoms with Crippen molar-refractivity contribution < 1.29 is 13.3 Å². The molecule has 0 saturated heterocycles. The summed E-state index contributed by atoms with van der Waals surface area (Å²) in [6, 6.07) is 0. The van der Waals surface area contributed by atoms with Crippen LogP contribution >= 0.6 is 12.6 Å². The third-order valence-electron chi connectivity index (χ3n) is 2.59. The van der Waals surface area contributed by atoms with Gasteiger partial charge >= 0.3 is 8.80 Å². The number of hydrogen-bond donors (Lipinski definition) is 1. The lowest BCUT2D eigenvalue weighted by atomic mass is 10.2. The molecule has 0 bridgehead atoms. The van der Waals surface area contributed by atoms with Crippen LogP contribution in [0.2, 0.25) is 0 Å². The van der Waals surface area contributed by atoms with E-state index in [0.29, 0.717) is 0 Å². The molecule has 0 aliphatic heterocycles. The lowest BCUT2D eigenvalue weighted by Crippen LogP contribution is -2.52. The maximum absolute atomic E-state index is 5.37. The molecule has 0 heterocycles. The van der Waals surface area contributed by atoms with E-state index < -0.39 is 8.80 Å². The van der Waals surface area contributed by atoms with E-state index in [9.17, 15) is 0 Å². The van der Waals surface area contributed by atoms with Crippen LogP contribution in [0.5, 0.6) is 0 Å². The van der Waals surface area contributed by atoms with Gasteiger partial charge in [-0.15, -0.1) is 0 Å². The summed E-state index contributed by atoms with van der Waals surface area (Å²) in [7, 11) is 2.38. The third-order valence-corrected chi connectivity index (χ3v) is 6.61. The van der Waals surface area contributed by atoms with Crippen LogP contribution in [0.1, 0.15) is 39.0 Å². The van der Waals surface area contributed by atoms with Gasteiger partial charge in [0.15, 0.2) is 0 Å². The highest BCUT2D eigenvalue weighted by molar-refractivity contribution is 7.83. The Balaban J connectivity index is 3.97. The molecule has 0 spiro atoms. The number of unbranched alkanes of at least 4 members (excludes halogenated alkanes) is 3. The molecule has 1 unspecified atom stereocenters. The summed E-state index contributed by atoms with van der Waals surface area (Å²) in [4.78, 5) is 0.0781. The first-order valence-corrected chi connectivity index (χ1v) is 7.82. The minimum Gasteiger partial charge on any atom is -0.376 e. The molecule has 0 rings (SSSR count). The second-order valence-electron chi connectivity index (χ2n) is 3.58. The van der Waals surface area contributed by atoms with Crippen LogP contribution in [-0.2, 0) is 13.3 Å². The topological polar surface area (TPSA) is 27.7 Å². The maximum atomic E-state index is 5.37. The van der Waals surface area contributed by atoms with E-state index in [1.807, 2.05) is 0 Å². The molecule has 5 heteroatoms. The quantitative estimate of drug-likeness (QED) is 0.388. The Morgan fingerprint density at radius 1 is 1.00 bits per heavy atom. The molecule has 0 aromatic carbocycles. The predicted octanol–water partition coefficient (Wildman–Crippen LogP) is 2.67. The highest BCUT2D eigenvalue weighted by Gasteiger charge is 2.44. The van der Waals surface area contributed by atoms with Crippen LogP contribution < -0.4 is 0 Å². The van der Waals surface area contributed by atoms with Gasteiger partial charge in [-0.3, -0.25) is 0 Å². The van der Waals surface area contributed by atoms with Crippen molar-refractivity contribution in [1.82, 2.24) is 0 Å². The van der Waals surface area contributed by atoms with Crippen molar-refractivity contribution in [3.05, 3.63) is 0 Å². The number of rotatable bonds is 9. The number of thiol groups is 1. The zero-order valence-corrected chi connectivity index (χ0v) is 12.2. The summed E-state index contributed by atoms with van der Waals surface area (Å²) in [5, 5.41) is 0. The lowest BCUT2D eigenvalue weighted by Gasteiger charge is -2.29. The molecule has 0 radical (unpaired) electrons. The molecule has 15 heavy (non-hydrogen) atoms. The Morgan fingerprint density at radius 3 is 1.93 bits per heavy atom. The van der Waals surface area contributed by atoms with E-state index >= 15 is 0 Å². The van der Waals surface area contributed by atoms with E-state index in [1.165, 1.54) is 19.3 Å². The zero-order chi connectivity index (χ0) is 11.7. The average molecular weight is 252 g/mol. The van der Waals surface area contributed by atoms with Crippen molar-refractivity contribution in [1.29, 1.82) is 0 Å². The molecule has 0 aliphatic rings. The summed E-state index contributed by atoms with van der Waals surface area (Å²) in [6.07, 6.45) is 5.92. The first-order valence-electron chi connectivity index (χ1n) is 5.50. The summed E-state index contributed by atoms with van der Waals surface area (Å²) in [5.74, 6) is 0. The van der Waals surface area contributed by atoms with Gasteiger partial charge in [-0.25, -0.2) is 0 Å². The second-order valence-corrected chi connectivity index (χ2v) is 7.82. The van der Waals surface area contributed by atoms with Crippen molar-refractivity contribution in [2.24, 2.45) is 0 Å². The fourth-order valence-electron chi connectivity index (χ4n) is 1.60. The normalized spacial score (nSPS) is 14.2. The summed E-state index contributed by atoms with van der Waals surface area (Å²) < 4.78 is 16.1. The molecule has 1 atom stereocenters. The number of hydrogen-bond acceptors (Lipinski definition) is 4. The fraction of sp³-hybridized carbons (Fsp3) is 1.00.